The Labute approximate surface area is 168 Å². The molecule has 2 aliphatic rings. The number of nitrogens with one attached hydrogen (secondary N) is 1. The van der Waals surface area contributed by atoms with Gasteiger partial charge in [0.25, 0.3) is 5.91 Å². The minimum absolute atomic E-state index is 0.0540. The van der Waals surface area contributed by atoms with E-state index < -0.39 is 0 Å². The van der Waals surface area contributed by atoms with Gasteiger partial charge >= 0.3 is 0 Å². The SMILES string of the molecule is CCOc1cc(CNC(C)C2CCCO2)ccc1OCC(=O)N1CCCCC1. The number of hydrogen-bond acceptors (Lipinski definition) is 5. The van der Waals surface area contributed by atoms with Crippen molar-refractivity contribution in [3.63, 3.8) is 0 Å². The molecule has 6 heteroatoms. The molecule has 0 saturated carbocycles. The number of amides is 1. The zero-order valence-electron chi connectivity index (χ0n) is 17.2. The number of carbonyl (C=O) groups is 1. The number of hydrogen-bond donors (Lipinski definition) is 1. The quantitative estimate of drug-likeness (QED) is 0.702. The minimum atomic E-state index is 0.0540. The first-order valence-corrected chi connectivity index (χ1v) is 10.7. The summed E-state index contributed by atoms with van der Waals surface area (Å²) in [5, 5.41) is 3.54. The maximum atomic E-state index is 12.3. The molecule has 0 aliphatic carbocycles. The lowest BCUT2D eigenvalue weighted by Gasteiger charge is -2.26. The van der Waals surface area contributed by atoms with Crippen LogP contribution in [0.3, 0.4) is 0 Å². The van der Waals surface area contributed by atoms with Crippen molar-refractivity contribution < 1.29 is 19.0 Å². The normalized spacial score (nSPS) is 20.8. The molecule has 2 unspecified atom stereocenters. The largest absolute Gasteiger partial charge is 0.490 e. The fraction of sp³-hybridized carbons (Fsp3) is 0.682. The number of benzene rings is 1. The van der Waals surface area contributed by atoms with Gasteiger partial charge in [-0.2, -0.15) is 0 Å². The third-order valence-electron chi connectivity index (χ3n) is 5.52. The van der Waals surface area contributed by atoms with E-state index in [0.29, 0.717) is 30.3 Å². The first-order valence-electron chi connectivity index (χ1n) is 10.7. The van der Waals surface area contributed by atoms with Crippen LogP contribution in [0.1, 0.15) is 51.5 Å². The van der Waals surface area contributed by atoms with E-state index in [-0.39, 0.29) is 12.5 Å². The number of rotatable bonds is 9. The summed E-state index contributed by atoms with van der Waals surface area (Å²) in [4.78, 5) is 14.2. The highest BCUT2D eigenvalue weighted by molar-refractivity contribution is 5.78. The van der Waals surface area contributed by atoms with E-state index in [1.165, 1.54) is 6.42 Å². The Morgan fingerprint density at radius 1 is 1.21 bits per heavy atom. The highest BCUT2D eigenvalue weighted by Gasteiger charge is 2.22. The van der Waals surface area contributed by atoms with Gasteiger partial charge in [-0.3, -0.25) is 4.79 Å². The van der Waals surface area contributed by atoms with Crippen molar-refractivity contribution in [2.24, 2.45) is 0 Å². The maximum absolute atomic E-state index is 12.3. The number of likely N-dealkylation sites (tertiary alicyclic amines) is 1. The third kappa shape index (κ3) is 5.85. The maximum Gasteiger partial charge on any atom is 0.260 e. The third-order valence-corrected chi connectivity index (χ3v) is 5.52. The van der Waals surface area contributed by atoms with Crippen LogP contribution in [-0.2, 0) is 16.1 Å². The van der Waals surface area contributed by atoms with Crippen LogP contribution in [0.25, 0.3) is 0 Å². The number of piperidine rings is 1. The molecular formula is C22H34N2O4. The van der Waals surface area contributed by atoms with Crippen LogP contribution < -0.4 is 14.8 Å². The lowest BCUT2D eigenvalue weighted by atomic mass is 10.1. The van der Waals surface area contributed by atoms with Crippen LogP contribution in [-0.4, -0.2) is 55.9 Å². The Balaban J connectivity index is 1.54. The molecule has 1 amide bonds. The molecule has 0 radical (unpaired) electrons. The molecular weight excluding hydrogens is 356 g/mol. The second-order valence-corrected chi connectivity index (χ2v) is 7.67. The molecule has 2 saturated heterocycles. The Morgan fingerprint density at radius 3 is 2.75 bits per heavy atom. The Bertz CT molecular complexity index is 625. The Hall–Kier alpha value is -1.79. The average molecular weight is 391 g/mol. The molecule has 6 nitrogen and oxygen atoms in total. The molecule has 1 N–H and O–H groups in total. The van der Waals surface area contributed by atoms with Crippen molar-refractivity contribution in [2.75, 3.05) is 32.9 Å². The van der Waals surface area contributed by atoms with Gasteiger partial charge in [-0.05, 0) is 63.6 Å². The average Bonchev–Trinajstić information content (AvgIpc) is 3.27. The molecule has 1 aromatic rings. The zero-order chi connectivity index (χ0) is 19.8. The number of carbonyl (C=O) groups excluding carboxylic acids is 1. The molecule has 2 fully saturated rings. The van der Waals surface area contributed by atoms with E-state index in [2.05, 4.69) is 12.2 Å². The summed E-state index contributed by atoms with van der Waals surface area (Å²) in [6, 6.07) is 6.25. The highest BCUT2D eigenvalue weighted by atomic mass is 16.5. The highest BCUT2D eigenvalue weighted by Crippen LogP contribution is 2.29. The Kier molecular flexibility index (Phi) is 7.98. The van der Waals surface area contributed by atoms with Crippen LogP contribution >= 0.6 is 0 Å². The van der Waals surface area contributed by atoms with Gasteiger partial charge in [-0.25, -0.2) is 0 Å². The molecule has 3 rings (SSSR count). The minimum Gasteiger partial charge on any atom is -0.490 e. The standard InChI is InChI=1S/C22H34N2O4/c1-3-26-21-14-18(15-23-17(2)19-8-7-13-27-19)9-10-20(21)28-16-22(25)24-11-5-4-6-12-24/h9-10,14,17,19,23H,3-8,11-13,15-16H2,1-2H3. The first-order chi connectivity index (χ1) is 13.7. The summed E-state index contributed by atoms with van der Waals surface area (Å²) >= 11 is 0. The van der Waals surface area contributed by atoms with Crippen LogP contribution in [0.4, 0.5) is 0 Å². The van der Waals surface area contributed by atoms with Crippen molar-refractivity contribution >= 4 is 5.91 Å². The van der Waals surface area contributed by atoms with Crippen LogP contribution in [0.2, 0.25) is 0 Å². The van der Waals surface area contributed by atoms with Crippen molar-refractivity contribution in [2.45, 2.75) is 64.6 Å². The predicted molar refractivity (Wildman–Crippen MR) is 109 cm³/mol. The number of ether oxygens (including phenoxy) is 3. The van der Waals surface area contributed by atoms with Gasteiger partial charge in [0.2, 0.25) is 0 Å². The van der Waals surface area contributed by atoms with Crippen LogP contribution in [0.5, 0.6) is 11.5 Å². The molecule has 0 aromatic heterocycles. The van der Waals surface area contributed by atoms with E-state index in [1.807, 2.05) is 30.0 Å². The Morgan fingerprint density at radius 2 is 2.04 bits per heavy atom. The second-order valence-electron chi connectivity index (χ2n) is 7.67. The summed E-state index contributed by atoms with van der Waals surface area (Å²) in [6.07, 6.45) is 5.95. The predicted octanol–water partition coefficient (Wildman–Crippen LogP) is 3.13. The molecule has 2 atom stereocenters. The smallest absolute Gasteiger partial charge is 0.260 e. The molecule has 0 bridgehead atoms. The molecule has 156 valence electrons. The summed E-state index contributed by atoms with van der Waals surface area (Å²) in [7, 11) is 0. The van der Waals surface area contributed by atoms with Crippen molar-refractivity contribution in [1.29, 1.82) is 0 Å². The van der Waals surface area contributed by atoms with Gasteiger partial charge in [-0.1, -0.05) is 6.07 Å². The summed E-state index contributed by atoms with van der Waals surface area (Å²) in [5.74, 6) is 1.37. The summed E-state index contributed by atoms with van der Waals surface area (Å²) in [5.41, 5.74) is 1.13. The monoisotopic (exact) mass is 390 g/mol. The van der Waals surface area contributed by atoms with Crippen LogP contribution in [0, 0.1) is 0 Å². The van der Waals surface area contributed by atoms with Gasteiger partial charge < -0.3 is 24.4 Å². The van der Waals surface area contributed by atoms with Gasteiger partial charge in [0.1, 0.15) is 0 Å². The fourth-order valence-corrected chi connectivity index (χ4v) is 3.83. The van der Waals surface area contributed by atoms with Gasteiger partial charge in [0, 0.05) is 32.3 Å². The lowest BCUT2D eigenvalue weighted by molar-refractivity contribution is -0.134. The molecule has 2 aliphatic heterocycles. The van der Waals surface area contributed by atoms with Crippen molar-refractivity contribution in [3.8, 4) is 11.5 Å². The fourth-order valence-electron chi connectivity index (χ4n) is 3.83. The van der Waals surface area contributed by atoms with E-state index in [0.717, 1.165) is 57.5 Å². The van der Waals surface area contributed by atoms with E-state index in [4.69, 9.17) is 14.2 Å². The summed E-state index contributed by atoms with van der Waals surface area (Å²) in [6.45, 7) is 8.03. The van der Waals surface area contributed by atoms with E-state index in [9.17, 15) is 4.79 Å². The first kappa shape index (κ1) is 20.9. The summed E-state index contributed by atoms with van der Waals surface area (Å²) < 4.78 is 17.3. The molecule has 2 heterocycles. The van der Waals surface area contributed by atoms with Gasteiger partial charge in [0.15, 0.2) is 18.1 Å². The zero-order valence-corrected chi connectivity index (χ0v) is 17.2. The van der Waals surface area contributed by atoms with Gasteiger partial charge in [0.05, 0.1) is 12.7 Å². The molecule has 1 aromatic carbocycles. The van der Waals surface area contributed by atoms with Gasteiger partial charge in [-0.15, -0.1) is 0 Å². The van der Waals surface area contributed by atoms with Crippen LogP contribution in [0.15, 0.2) is 18.2 Å². The molecule has 0 spiro atoms. The van der Waals surface area contributed by atoms with Crippen molar-refractivity contribution in [1.82, 2.24) is 10.2 Å². The lowest BCUT2D eigenvalue weighted by Crippen LogP contribution is -2.38. The second kappa shape index (κ2) is 10.7. The topological polar surface area (TPSA) is 60.0 Å². The van der Waals surface area contributed by atoms with E-state index >= 15 is 0 Å². The number of nitrogens with zero attached hydrogens (tertiary/aromatic N) is 1. The molecule has 28 heavy (non-hydrogen) atoms. The van der Waals surface area contributed by atoms with Crippen molar-refractivity contribution in [3.05, 3.63) is 23.8 Å². The van der Waals surface area contributed by atoms with E-state index in [1.54, 1.807) is 0 Å².